The van der Waals surface area contributed by atoms with Crippen LogP contribution in [-0.2, 0) is 4.79 Å². The molecule has 1 unspecified atom stereocenters. The van der Waals surface area contributed by atoms with Gasteiger partial charge in [-0.15, -0.1) is 11.3 Å². The molecule has 1 amide bonds. The van der Waals surface area contributed by atoms with E-state index in [1.807, 2.05) is 11.4 Å². The Bertz CT molecular complexity index is 509. The largest absolute Gasteiger partial charge is 0.481 e. The predicted molar refractivity (Wildman–Crippen MR) is 74.7 cm³/mol. The zero-order valence-corrected chi connectivity index (χ0v) is 12.3. The average Bonchev–Trinajstić information content (AvgIpc) is 2.95. The van der Waals surface area contributed by atoms with Crippen LogP contribution < -0.4 is 0 Å². The number of rotatable bonds is 3. The van der Waals surface area contributed by atoms with Gasteiger partial charge in [0.2, 0.25) is 0 Å². The third kappa shape index (κ3) is 2.52. The number of nitrogens with zero attached hydrogens (tertiary/aromatic N) is 1. The minimum Gasteiger partial charge on any atom is -0.481 e. The van der Waals surface area contributed by atoms with Crippen molar-refractivity contribution in [2.45, 2.75) is 33.1 Å². The molecule has 1 atom stereocenters. The van der Waals surface area contributed by atoms with Crippen LogP contribution in [0.25, 0.3) is 0 Å². The Balaban J connectivity index is 2.18. The molecule has 0 aliphatic carbocycles. The molecule has 1 saturated heterocycles. The normalized spacial score (nSPS) is 23.1. The molecule has 2 rings (SSSR count). The molecule has 19 heavy (non-hydrogen) atoms. The molecule has 1 aliphatic rings. The zero-order chi connectivity index (χ0) is 14.2. The highest BCUT2D eigenvalue weighted by Gasteiger charge is 2.42. The molecule has 0 spiro atoms. The minimum absolute atomic E-state index is 0.0244. The van der Waals surface area contributed by atoms with E-state index in [-0.39, 0.29) is 5.91 Å². The average molecular weight is 281 g/mol. The maximum absolute atomic E-state index is 12.5. The van der Waals surface area contributed by atoms with Gasteiger partial charge in [-0.3, -0.25) is 9.59 Å². The summed E-state index contributed by atoms with van der Waals surface area (Å²) >= 11 is 1.44. The predicted octanol–water partition coefficient (Wildman–Crippen LogP) is 2.81. The number of likely N-dealkylation sites (tertiary alicyclic amines) is 1. The zero-order valence-electron chi connectivity index (χ0n) is 11.5. The molecule has 0 aromatic carbocycles. The lowest BCUT2D eigenvalue weighted by atomic mass is 9.90. The second kappa shape index (κ2) is 4.96. The quantitative estimate of drug-likeness (QED) is 0.927. The molecule has 1 aromatic rings. The van der Waals surface area contributed by atoms with E-state index in [1.54, 1.807) is 11.8 Å². The molecule has 1 aliphatic heterocycles. The maximum atomic E-state index is 12.5. The van der Waals surface area contributed by atoms with E-state index in [0.717, 1.165) is 10.4 Å². The Labute approximate surface area is 117 Å². The van der Waals surface area contributed by atoms with Crippen LogP contribution in [-0.4, -0.2) is 35.0 Å². The van der Waals surface area contributed by atoms with Crippen molar-refractivity contribution < 1.29 is 14.7 Å². The summed E-state index contributed by atoms with van der Waals surface area (Å²) in [6.45, 7) is 6.66. The molecular formula is C14H19NO3S. The number of carbonyl (C=O) groups is 2. The number of hydrogen-bond acceptors (Lipinski definition) is 3. The fourth-order valence-corrected chi connectivity index (χ4v) is 3.42. The molecule has 104 valence electrons. The van der Waals surface area contributed by atoms with Crippen LogP contribution in [0.3, 0.4) is 0 Å². The number of carboxylic acids is 1. The van der Waals surface area contributed by atoms with Crippen LogP contribution in [0.5, 0.6) is 0 Å². The summed E-state index contributed by atoms with van der Waals surface area (Å²) < 4.78 is 0. The molecule has 1 fully saturated rings. The van der Waals surface area contributed by atoms with E-state index in [1.165, 1.54) is 11.3 Å². The van der Waals surface area contributed by atoms with Gasteiger partial charge < -0.3 is 10.0 Å². The first kappa shape index (κ1) is 14.1. The smallest absolute Gasteiger partial charge is 0.311 e. The van der Waals surface area contributed by atoms with Gasteiger partial charge in [0.05, 0.1) is 10.3 Å². The third-order valence-electron chi connectivity index (χ3n) is 3.79. The number of aliphatic carboxylic acids is 1. The first-order chi connectivity index (χ1) is 8.85. The molecule has 5 heteroatoms. The Morgan fingerprint density at radius 2 is 2.16 bits per heavy atom. The Morgan fingerprint density at radius 1 is 1.47 bits per heavy atom. The molecule has 0 bridgehead atoms. The highest BCUT2D eigenvalue weighted by atomic mass is 32.1. The van der Waals surface area contributed by atoms with Crippen LogP contribution in [0.1, 0.15) is 48.3 Å². The van der Waals surface area contributed by atoms with Crippen molar-refractivity contribution in [3.05, 3.63) is 21.9 Å². The van der Waals surface area contributed by atoms with E-state index in [4.69, 9.17) is 0 Å². The molecule has 0 saturated carbocycles. The summed E-state index contributed by atoms with van der Waals surface area (Å²) in [7, 11) is 0. The van der Waals surface area contributed by atoms with Gasteiger partial charge in [0.25, 0.3) is 5.91 Å². The maximum Gasteiger partial charge on any atom is 0.311 e. The monoisotopic (exact) mass is 281 g/mol. The molecular weight excluding hydrogens is 262 g/mol. The highest BCUT2D eigenvalue weighted by molar-refractivity contribution is 7.12. The van der Waals surface area contributed by atoms with Crippen molar-refractivity contribution in [1.29, 1.82) is 0 Å². The molecule has 1 aromatic heterocycles. The Hall–Kier alpha value is -1.36. The van der Waals surface area contributed by atoms with Crippen LogP contribution >= 0.6 is 11.3 Å². The fourth-order valence-electron chi connectivity index (χ4n) is 2.40. The lowest BCUT2D eigenvalue weighted by molar-refractivity contribution is -0.147. The molecule has 1 N–H and O–H groups in total. The van der Waals surface area contributed by atoms with Gasteiger partial charge >= 0.3 is 5.97 Å². The van der Waals surface area contributed by atoms with Crippen molar-refractivity contribution >= 4 is 23.2 Å². The van der Waals surface area contributed by atoms with Gasteiger partial charge in [-0.1, -0.05) is 13.8 Å². The van der Waals surface area contributed by atoms with E-state index < -0.39 is 11.4 Å². The lowest BCUT2D eigenvalue weighted by Gasteiger charge is -2.20. The number of carbonyl (C=O) groups excluding carboxylic acids is 1. The van der Waals surface area contributed by atoms with Crippen molar-refractivity contribution in [2.75, 3.05) is 13.1 Å². The summed E-state index contributed by atoms with van der Waals surface area (Å²) in [5, 5.41) is 11.1. The lowest BCUT2D eigenvalue weighted by Crippen LogP contribution is -2.34. The van der Waals surface area contributed by atoms with Gasteiger partial charge in [0, 0.05) is 13.1 Å². The van der Waals surface area contributed by atoms with Crippen LogP contribution in [0, 0.1) is 5.41 Å². The highest BCUT2D eigenvalue weighted by Crippen LogP contribution is 2.33. The SMILES string of the molecule is CC(C)c1ccsc1C(=O)N1CCC(C)(C(=O)O)C1. The van der Waals surface area contributed by atoms with Gasteiger partial charge in [0.1, 0.15) is 0 Å². The summed E-state index contributed by atoms with van der Waals surface area (Å²) in [4.78, 5) is 26.1. The van der Waals surface area contributed by atoms with Gasteiger partial charge in [-0.05, 0) is 36.3 Å². The fraction of sp³-hybridized carbons (Fsp3) is 0.571. The summed E-state index contributed by atoms with van der Waals surface area (Å²) in [6, 6.07) is 1.98. The Morgan fingerprint density at radius 3 is 2.68 bits per heavy atom. The van der Waals surface area contributed by atoms with Crippen LogP contribution in [0.4, 0.5) is 0 Å². The van der Waals surface area contributed by atoms with E-state index in [2.05, 4.69) is 13.8 Å². The number of carboxylic acid groups (broad SMARTS) is 1. The Kier molecular flexibility index (Phi) is 3.67. The first-order valence-corrected chi connectivity index (χ1v) is 7.33. The van der Waals surface area contributed by atoms with Crippen molar-refractivity contribution in [3.8, 4) is 0 Å². The van der Waals surface area contributed by atoms with Gasteiger partial charge in [0.15, 0.2) is 0 Å². The third-order valence-corrected chi connectivity index (χ3v) is 4.71. The second-order valence-electron chi connectivity index (χ2n) is 5.70. The van der Waals surface area contributed by atoms with Crippen molar-refractivity contribution in [3.63, 3.8) is 0 Å². The van der Waals surface area contributed by atoms with Crippen molar-refractivity contribution in [1.82, 2.24) is 4.90 Å². The van der Waals surface area contributed by atoms with Gasteiger partial charge in [-0.2, -0.15) is 0 Å². The molecule has 2 heterocycles. The molecule has 0 radical (unpaired) electrons. The summed E-state index contributed by atoms with van der Waals surface area (Å²) in [5.74, 6) is -0.541. The number of amides is 1. The first-order valence-electron chi connectivity index (χ1n) is 6.45. The van der Waals surface area contributed by atoms with E-state index >= 15 is 0 Å². The summed E-state index contributed by atoms with van der Waals surface area (Å²) in [6.07, 6.45) is 0.524. The van der Waals surface area contributed by atoms with E-state index in [9.17, 15) is 14.7 Å². The summed E-state index contributed by atoms with van der Waals surface area (Å²) in [5.41, 5.74) is 0.254. The standard InChI is InChI=1S/C14H19NO3S/c1-9(2)10-4-7-19-11(10)12(16)15-6-5-14(3,8-15)13(17)18/h4,7,9H,5-6,8H2,1-3H3,(H,17,18). The second-order valence-corrected chi connectivity index (χ2v) is 6.62. The number of thiophene rings is 1. The van der Waals surface area contributed by atoms with Crippen LogP contribution in [0.15, 0.2) is 11.4 Å². The topological polar surface area (TPSA) is 57.6 Å². The number of hydrogen-bond donors (Lipinski definition) is 1. The minimum atomic E-state index is -0.821. The van der Waals surface area contributed by atoms with E-state index in [0.29, 0.717) is 25.4 Å². The molecule has 4 nitrogen and oxygen atoms in total. The van der Waals surface area contributed by atoms with Crippen LogP contribution in [0.2, 0.25) is 0 Å². The van der Waals surface area contributed by atoms with Crippen molar-refractivity contribution in [2.24, 2.45) is 5.41 Å². The van der Waals surface area contributed by atoms with Gasteiger partial charge in [-0.25, -0.2) is 0 Å².